The van der Waals surface area contributed by atoms with Crippen molar-refractivity contribution < 1.29 is 9.59 Å². The second-order valence-corrected chi connectivity index (χ2v) is 9.19. The number of aromatic nitrogens is 1. The third kappa shape index (κ3) is 4.51. The van der Waals surface area contributed by atoms with Crippen LogP contribution in [0.2, 0.25) is 0 Å². The maximum Gasteiger partial charge on any atom is 0.224 e. The highest BCUT2D eigenvalue weighted by molar-refractivity contribution is 9.10. The molecule has 2 amide bonds. The fourth-order valence-corrected chi connectivity index (χ4v) is 5.03. The molecule has 1 atom stereocenters. The highest BCUT2D eigenvalue weighted by Gasteiger charge is 2.32. The standard InChI is InChI=1S/C22H22BrN3O2S/c1-14-13-15(8-9-16(14)23)24-20(27)10-11-21(28)26-12-4-6-18(26)22-25-17-5-2-3-7-19(17)29-22/h2-3,5,7-9,13,18H,4,6,10-12H2,1H3,(H,24,27). The molecule has 1 fully saturated rings. The van der Waals surface area contributed by atoms with Gasteiger partial charge in [-0.3, -0.25) is 9.59 Å². The number of carbonyl (C=O) groups excluding carboxylic acids is 2. The van der Waals surface area contributed by atoms with Crippen molar-refractivity contribution in [3.63, 3.8) is 0 Å². The highest BCUT2D eigenvalue weighted by atomic mass is 79.9. The van der Waals surface area contributed by atoms with Crippen molar-refractivity contribution in [3.8, 4) is 0 Å². The van der Waals surface area contributed by atoms with Crippen LogP contribution < -0.4 is 5.32 Å². The van der Waals surface area contributed by atoms with E-state index in [1.54, 1.807) is 11.3 Å². The zero-order chi connectivity index (χ0) is 20.4. The fourth-order valence-electron chi connectivity index (χ4n) is 3.66. The van der Waals surface area contributed by atoms with E-state index in [-0.39, 0.29) is 30.7 Å². The van der Waals surface area contributed by atoms with E-state index in [0.717, 1.165) is 50.3 Å². The van der Waals surface area contributed by atoms with Gasteiger partial charge in [-0.15, -0.1) is 11.3 Å². The monoisotopic (exact) mass is 471 g/mol. The number of hydrogen-bond acceptors (Lipinski definition) is 4. The molecule has 3 aromatic rings. The summed E-state index contributed by atoms with van der Waals surface area (Å²) in [5.41, 5.74) is 2.78. The van der Waals surface area contributed by atoms with Gasteiger partial charge in [0.25, 0.3) is 0 Å². The predicted molar refractivity (Wildman–Crippen MR) is 120 cm³/mol. The molecule has 5 nitrogen and oxygen atoms in total. The van der Waals surface area contributed by atoms with Gasteiger partial charge in [-0.2, -0.15) is 0 Å². The molecule has 1 aliphatic heterocycles. The molecule has 1 unspecified atom stereocenters. The van der Waals surface area contributed by atoms with E-state index >= 15 is 0 Å². The average molecular weight is 472 g/mol. The molecule has 0 aliphatic carbocycles. The third-order valence-corrected chi connectivity index (χ3v) is 7.20. The number of thiazole rings is 1. The molecule has 7 heteroatoms. The number of likely N-dealkylation sites (tertiary alicyclic amines) is 1. The summed E-state index contributed by atoms with van der Waals surface area (Å²) in [5.74, 6) is -0.121. The van der Waals surface area contributed by atoms with Gasteiger partial charge in [-0.1, -0.05) is 28.1 Å². The molecule has 1 N–H and O–H groups in total. The van der Waals surface area contributed by atoms with E-state index in [9.17, 15) is 9.59 Å². The number of nitrogens with one attached hydrogen (secondary N) is 1. The number of para-hydroxylation sites is 1. The Kier molecular flexibility index (Phi) is 5.96. The first-order valence-electron chi connectivity index (χ1n) is 9.72. The van der Waals surface area contributed by atoms with Gasteiger partial charge < -0.3 is 10.2 Å². The van der Waals surface area contributed by atoms with Crippen LogP contribution in [-0.4, -0.2) is 28.2 Å². The Morgan fingerprint density at radius 3 is 2.86 bits per heavy atom. The van der Waals surface area contributed by atoms with Crippen molar-refractivity contribution in [1.82, 2.24) is 9.88 Å². The Hall–Kier alpha value is -2.25. The van der Waals surface area contributed by atoms with Crippen LogP contribution in [0.4, 0.5) is 5.69 Å². The van der Waals surface area contributed by atoms with Crippen molar-refractivity contribution >= 4 is 55.0 Å². The number of nitrogens with zero attached hydrogens (tertiary/aromatic N) is 2. The van der Waals surface area contributed by atoms with Gasteiger partial charge in [0.05, 0.1) is 16.3 Å². The Balaban J connectivity index is 1.37. The summed E-state index contributed by atoms with van der Waals surface area (Å²) in [6, 6.07) is 13.7. The summed E-state index contributed by atoms with van der Waals surface area (Å²) in [7, 11) is 0. The maximum atomic E-state index is 12.8. The summed E-state index contributed by atoms with van der Waals surface area (Å²) in [5, 5.41) is 3.87. The van der Waals surface area contributed by atoms with Gasteiger partial charge >= 0.3 is 0 Å². The lowest BCUT2D eigenvalue weighted by Crippen LogP contribution is -2.31. The van der Waals surface area contributed by atoms with Crippen LogP contribution in [0.25, 0.3) is 10.2 Å². The molecule has 1 saturated heterocycles. The molecule has 4 rings (SSSR count). The quantitative estimate of drug-likeness (QED) is 0.537. The highest BCUT2D eigenvalue weighted by Crippen LogP contribution is 2.36. The first kappa shape index (κ1) is 20.0. The zero-order valence-electron chi connectivity index (χ0n) is 16.2. The van der Waals surface area contributed by atoms with E-state index in [4.69, 9.17) is 4.98 Å². The first-order chi connectivity index (χ1) is 14.0. The minimum absolute atomic E-state index is 0.0221. The van der Waals surface area contributed by atoms with Crippen LogP contribution in [0.3, 0.4) is 0 Å². The molecule has 150 valence electrons. The van der Waals surface area contributed by atoms with Crippen molar-refractivity contribution in [3.05, 3.63) is 57.5 Å². The number of fused-ring (bicyclic) bond motifs is 1. The van der Waals surface area contributed by atoms with E-state index < -0.39 is 0 Å². The van der Waals surface area contributed by atoms with Crippen LogP contribution in [-0.2, 0) is 9.59 Å². The molecular formula is C22H22BrN3O2S. The Morgan fingerprint density at radius 1 is 1.24 bits per heavy atom. The molecule has 0 saturated carbocycles. The lowest BCUT2D eigenvalue weighted by molar-refractivity contribution is -0.133. The van der Waals surface area contributed by atoms with Crippen molar-refractivity contribution in [2.75, 3.05) is 11.9 Å². The number of benzene rings is 2. The van der Waals surface area contributed by atoms with Crippen LogP contribution in [0.5, 0.6) is 0 Å². The zero-order valence-corrected chi connectivity index (χ0v) is 18.6. The molecule has 1 aromatic heterocycles. The lowest BCUT2D eigenvalue weighted by atomic mass is 10.2. The second kappa shape index (κ2) is 8.63. The van der Waals surface area contributed by atoms with Gasteiger partial charge in [-0.25, -0.2) is 4.98 Å². The smallest absolute Gasteiger partial charge is 0.224 e. The Labute approximate surface area is 182 Å². The Morgan fingerprint density at radius 2 is 2.07 bits per heavy atom. The van der Waals surface area contributed by atoms with Crippen LogP contribution in [0, 0.1) is 6.92 Å². The minimum Gasteiger partial charge on any atom is -0.333 e. The second-order valence-electron chi connectivity index (χ2n) is 7.28. The van der Waals surface area contributed by atoms with Gasteiger partial charge in [0.2, 0.25) is 11.8 Å². The predicted octanol–water partition coefficient (Wildman–Crippen LogP) is 5.45. The number of rotatable bonds is 5. The van der Waals surface area contributed by atoms with Gasteiger partial charge in [0, 0.05) is 29.5 Å². The van der Waals surface area contributed by atoms with Crippen LogP contribution >= 0.6 is 27.3 Å². The van der Waals surface area contributed by atoms with E-state index in [0.29, 0.717) is 0 Å². The summed E-state index contributed by atoms with van der Waals surface area (Å²) in [6.07, 6.45) is 2.28. The summed E-state index contributed by atoms with van der Waals surface area (Å²) >= 11 is 5.11. The molecule has 1 aliphatic rings. The Bertz CT molecular complexity index is 1030. The van der Waals surface area contributed by atoms with Gasteiger partial charge in [0.15, 0.2) is 0 Å². The number of anilines is 1. The number of hydrogen-bond donors (Lipinski definition) is 1. The van der Waals surface area contributed by atoms with Crippen molar-refractivity contribution in [2.24, 2.45) is 0 Å². The van der Waals surface area contributed by atoms with E-state index in [2.05, 4.69) is 27.3 Å². The molecule has 0 radical (unpaired) electrons. The summed E-state index contributed by atoms with van der Waals surface area (Å²) in [6.45, 7) is 2.70. The summed E-state index contributed by atoms with van der Waals surface area (Å²) in [4.78, 5) is 31.7. The number of aryl methyl sites for hydroxylation is 1. The molecule has 2 aromatic carbocycles. The molecular weight excluding hydrogens is 450 g/mol. The number of carbonyl (C=O) groups is 2. The van der Waals surface area contributed by atoms with Crippen LogP contribution in [0.15, 0.2) is 46.9 Å². The van der Waals surface area contributed by atoms with Crippen molar-refractivity contribution in [1.29, 1.82) is 0 Å². The van der Waals surface area contributed by atoms with Crippen molar-refractivity contribution in [2.45, 2.75) is 38.6 Å². The molecule has 2 heterocycles. The molecule has 29 heavy (non-hydrogen) atoms. The SMILES string of the molecule is Cc1cc(NC(=O)CCC(=O)N2CCCC2c2nc3ccccc3s2)ccc1Br. The van der Waals surface area contributed by atoms with Crippen LogP contribution in [0.1, 0.15) is 42.3 Å². The normalized spacial score (nSPS) is 16.3. The lowest BCUT2D eigenvalue weighted by Gasteiger charge is -2.23. The van der Waals surface area contributed by atoms with Gasteiger partial charge in [0.1, 0.15) is 5.01 Å². The number of halogens is 1. The molecule has 0 bridgehead atoms. The topological polar surface area (TPSA) is 62.3 Å². The van der Waals surface area contributed by atoms with E-state index in [1.165, 1.54) is 0 Å². The third-order valence-electron chi connectivity index (χ3n) is 5.18. The minimum atomic E-state index is -0.143. The average Bonchev–Trinajstić information content (AvgIpc) is 3.35. The van der Waals surface area contributed by atoms with E-state index in [1.807, 2.05) is 48.2 Å². The fraction of sp³-hybridized carbons (Fsp3) is 0.318. The first-order valence-corrected chi connectivity index (χ1v) is 11.3. The maximum absolute atomic E-state index is 12.8. The molecule has 0 spiro atoms. The largest absolute Gasteiger partial charge is 0.333 e. The summed E-state index contributed by atoms with van der Waals surface area (Å²) < 4.78 is 2.14. The number of amides is 2. The van der Waals surface area contributed by atoms with Gasteiger partial charge in [-0.05, 0) is 55.7 Å².